The van der Waals surface area contributed by atoms with Crippen molar-refractivity contribution in [2.24, 2.45) is 0 Å². The molecule has 2 amide bonds. The van der Waals surface area contributed by atoms with Crippen LogP contribution >= 0.6 is 0 Å². The lowest BCUT2D eigenvalue weighted by molar-refractivity contribution is -0.258. The van der Waals surface area contributed by atoms with Gasteiger partial charge in [0.05, 0.1) is 17.3 Å². The number of carbonyl (C=O) groups excluding carboxylic acids is 2. The molecule has 0 aromatic heterocycles. The van der Waals surface area contributed by atoms with Crippen LogP contribution in [0.15, 0.2) is 78.9 Å². The van der Waals surface area contributed by atoms with Gasteiger partial charge in [-0.05, 0) is 40.8 Å². The Morgan fingerprint density at radius 1 is 0.976 bits per heavy atom. The van der Waals surface area contributed by atoms with Crippen molar-refractivity contribution in [3.05, 3.63) is 107 Å². The van der Waals surface area contributed by atoms with E-state index in [1.165, 1.54) is 17.0 Å². The van der Waals surface area contributed by atoms with Gasteiger partial charge < -0.3 is 14.4 Å². The first kappa shape index (κ1) is 28.2. The first-order chi connectivity index (χ1) is 20.1. The Kier molecular flexibility index (Phi) is 7.21. The highest BCUT2D eigenvalue weighted by Crippen LogP contribution is 2.66. The number of rotatable bonds is 8. The van der Waals surface area contributed by atoms with Crippen molar-refractivity contribution >= 4 is 22.0 Å². The molecular weight excluding hydrogens is 559 g/mol. The van der Waals surface area contributed by atoms with Crippen molar-refractivity contribution in [2.75, 3.05) is 25.1 Å². The van der Waals surface area contributed by atoms with E-state index in [1.807, 2.05) is 54.6 Å². The fourth-order valence-corrected chi connectivity index (χ4v) is 7.14. The third kappa shape index (κ3) is 5.47. The third-order valence-electron chi connectivity index (χ3n) is 8.64. The van der Waals surface area contributed by atoms with Crippen molar-refractivity contribution in [1.82, 2.24) is 9.80 Å². The lowest BCUT2D eigenvalue weighted by Crippen LogP contribution is -2.81. The van der Waals surface area contributed by atoms with Gasteiger partial charge in [0.2, 0.25) is 0 Å². The minimum absolute atomic E-state index is 0.00598. The predicted octanol–water partition coefficient (Wildman–Crippen LogP) is 5.27. The van der Waals surface area contributed by atoms with Crippen molar-refractivity contribution in [3.8, 4) is 0 Å². The van der Waals surface area contributed by atoms with Crippen LogP contribution in [-0.2, 0) is 32.3 Å². The van der Waals surface area contributed by atoms with E-state index in [0.29, 0.717) is 32.2 Å². The average Bonchev–Trinajstić information content (AvgIpc) is 2.93. The SMILES string of the molecule is CS(=O)(=O)CCN(C(=O)OCc1ccccc1)C12CC(OC(=O)N3CCc4ccccc4[C@@H]3c3ccc(F)cc3)(C1)C2. The summed E-state index contributed by atoms with van der Waals surface area (Å²) in [5.41, 5.74) is 2.41. The van der Waals surface area contributed by atoms with Crippen LogP contribution in [0.5, 0.6) is 0 Å². The Balaban J connectivity index is 1.15. The number of nitrogens with zero attached hydrogens (tertiary/aromatic N) is 2. The van der Waals surface area contributed by atoms with Gasteiger partial charge >= 0.3 is 12.2 Å². The minimum atomic E-state index is -3.32. The molecular formula is C32H33FN2O6S. The molecule has 1 aliphatic heterocycles. The van der Waals surface area contributed by atoms with E-state index >= 15 is 0 Å². The Morgan fingerprint density at radius 2 is 1.64 bits per heavy atom. The van der Waals surface area contributed by atoms with Gasteiger partial charge in [0, 0.05) is 38.6 Å². The summed E-state index contributed by atoms with van der Waals surface area (Å²) in [4.78, 5) is 30.0. The molecule has 8 nitrogen and oxygen atoms in total. The zero-order valence-electron chi connectivity index (χ0n) is 23.4. The number of carbonyl (C=O) groups is 2. The summed E-state index contributed by atoms with van der Waals surface area (Å²) in [7, 11) is -3.32. The van der Waals surface area contributed by atoms with Crippen LogP contribution in [0.3, 0.4) is 0 Å². The molecule has 0 spiro atoms. The fourth-order valence-electron chi connectivity index (χ4n) is 6.63. The number of hydrogen-bond acceptors (Lipinski definition) is 6. The highest BCUT2D eigenvalue weighted by Gasteiger charge is 2.74. The van der Waals surface area contributed by atoms with E-state index in [1.54, 1.807) is 17.0 Å². The summed E-state index contributed by atoms with van der Waals surface area (Å²) in [6, 6.07) is 23.0. The van der Waals surface area contributed by atoms with E-state index in [4.69, 9.17) is 9.47 Å². The largest absolute Gasteiger partial charge is 0.445 e. The maximum Gasteiger partial charge on any atom is 0.411 e. The van der Waals surface area contributed by atoms with E-state index < -0.39 is 39.2 Å². The molecule has 220 valence electrons. The van der Waals surface area contributed by atoms with Crippen LogP contribution in [0.1, 0.15) is 47.6 Å². The molecule has 42 heavy (non-hydrogen) atoms. The van der Waals surface area contributed by atoms with Crippen molar-refractivity contribution in [3.63, 3.8) is 0 Å². The maximum atomic E-state index is 13.7. The van der Waals surface area contributed by atoms with Gasteiger partial charge in [-0.2, -0.15) is 0 Å². The summed E-state index contributed by atoms with van der Waals surface area (Å²) in [5.74, 6) is -0.534. The predicted molar refractivity (Wildman–Crippen MR) is 154 cm³/mol. The zero-order chi connectivity index (χ0) is 29.5. The van der Waals surface area contributed by atoms with E-state index in [9.17, 15) is 22.4 Å². The van der Waals surface area contributed by atoms with Crippen LogP contribution in [0, 0.1) is 5.82 Å². The number of sulfone groups is 1. The van der Waals surface area contributed by atoms with Crippen LogP contribution in [0.25, 0.3) is 0 Å². The smallest absolute Gasteiger partial charge is 0.411 e. The Hall–Kier alpha value is -3.92. The van der Waals surface area contributed by atoms with Gasteiger partial charge in [0.15, 0.2) is 0 Å². The molecule has 2 bridgehead atoms. The topological polar surface area (TPSA) is 93.2 Å². The fraction of sp³-hybridized carbons (Fsp3) is 0.375. The molecule has 0 saturated heterocycles. The molecule has 3 saturated carbocycles. The van der Waals surface area contributed by atoms with Crippen LogP contribution in [0.2, 0.25) is 0 Å². The second-order valence-electron chi connectivity index (χ2n) is 11.7. The molecule has 1 atom stereocenters. The molecule has 7 rings (SSSR count). The average molecular weight is 593 g/mol. The number of halogens is 1. The summed E-state index contributed by atoms with van der Waals surface area (Å²) in [6.07, 6.45) is 2.03. The Bertz CT molecular complexity index is 1570. The summed E-state index contributed by atoms with van der Waals surface area (Å²) in [6.45, 7) is 0.532. The van der Waals surface area contributed by atoms with Crippen molar-refractivity contribution in [2.45, 2.75) is 49.5 Å². The van der Waals surface area contributed by atoms with Crippen molar-refractivity contribution in [1.29, 1.82) is 0 Å². The quantitative estimate of drug-likeness (QED) is 0.354. The first-order valence-corrected chi connectivity index (χ1v) is 16.1. The van der Waals surface area contributed by atoms with Gasteiger partial charge in [-0.15, -0.1) is 0 Å². The summed E-state index contributed by atoms with van der Waals surface area (Å²) >= 11 is 0. The molecule has 4 aliphatic rings. The monoisotopic (exact) mass is 592 g/mol. The standard InChI is InChI=1S/C32H33FN2O6S/c1-42(38,39)18-17-35(30(37)40-19-23-7-3-2-4-8-23)31-20-32(21-31,22-31)41-29(36)34-16-15-24-9-5-6-10-27(24)28(34)25-11-13-26(33)14-12-25/h2-14,28H,15-22H2,1H3/t28-,31?,32?/m0/s1. The summed E-state index contributed by atoms with van der Waals surface area (Å²) in [5, 5.41) is 0. The van der Waals surface area contributed by atoms with Crippen LogP contribution in [0.4, 0.5) is 14.0 Å². The van der Waals surface area contributed by atoms with Gasteiger partial charge in [-0.1, -0.05) is 66.7 Å². The number of benzene rings is 3. The third-order valence-corrected chi connectivity index (χ3v) is 9.57. The zero-order valence-corrected chi connectivity index (χ0v) is 24.2. The summed E-state index contributed by atoms with van der Waals surface area (Å²) < 4.78 is 49.3. The lowest BCUT2D eigenvalue weighted by Gasteiger charge is -2.71. The second kappa shape index (κ2) is 10.7. The van der Waals surface area contributed by atoms with Crippen LogP contribution < -0.4 is 0 Å². The molecule has 3 aromatic carbocycles. The van der Waals surface area contributed by atoms with Gasteiger partial charge in [0.25, 0.3) is 0 Å². The number of ether oxygens (including phenoxy) is 2. The molecule has 3 aliphatic carbocycles. The number of fused-ring (bicyclic) bond motifs is 1. The minimum Gasteiger partial charge on any atom is -0.445 e. The Morgan fingerprint density at radius 3 is 2.33 bits per heavy atom. The molecule has 1 heterocycles. The second-order valence-corrected chi connectivity index (χ2v) is 14.0. The molecule has 3 aromatic rings. The lowest BCUT2D eigenvalue weighted by atomic mass is 9.45. The van der Waals surface area contributed by atoms with E-state index in [-0.39, 0.29) is 24.7 Å². The van der Waals surface area contributed by atoms with Gasteiger partial charge in [-0.3, -0.25) is 4.90 Å². The number of amides is 2. The molecule has 3 fully saturated rings. The highest BCUT2D eigenvalue weighted by atomic mass is 32.2. The van der Waals surface area contributed by atoms with Gasteiger partial charge in [0.1, 0.15) is 27.9 Å². The highest BCUT2D eigenvalue weighted by molar-refractivity contribution is 7.90. The normalized spacial score (nSPS) is 24.0. The first-order valence-electron chi connectivity index (χ1n) is 14.1. The molecule has 0 N–H and O–H groups in total. The maximum absolute atomic E-state index is 13.7. The van der Waals surface area contributed by atoms with Crippen molar-refractivity contribution < 1.29 is 31.9 Å². The van der Waals surface area contributed by atoms with E-state index in [0.717, 1.165) is 28.5 Å². The molecule has 10 heteroatoms. The van der Waals surface area contributed by atoms with Crippen LogP contribution in [-0.4, -0.2) is 66.6 Å². The molecule has 0 radical (unpaired) electrons. The Labute approximate surface area is 244 Å². The van der Waals surface area contributed by atoms with Gasteiger partial charge in [-0.25, -0.2) is 22.4 Å². The molecule has 0 unspecified atom stereocenters. The number of hydrogen-bond donors (Lipinski definition) is 0. The van der Waals surface area contributed by atoms with E-state index in [2.05, 4.69) is 0 Å².